The maximum atomic E-state index is 13.1. The van der Waals surface area contributed by atoms with Gasteiger partial charge in [0, 0.05) is 5.69 Å². The average Bonchev–Trinajstić information content (AvgIpc) is 3.23. The summed E-state index contributed by atoms with van der Waals surface area (Å²) in [7, 11) is 0. The molecule has 38 heavy (non-hydrogen) atoms. The van der Waals surface area contributed by atoms with Gasteiger partial charge in [0.2, 0.25) is 5.91 Å². The third-order valence-electron chi connectivity index (χ3n) is 5.46. The van der Waals surface area contributed by atoms with Gasteiger partial charge in [0.15, 0.2) is 5.76 Å². The maximum Gasteiger partial charge on any atom is 0.320 e. The third-order valence-corrected chi connectivity index (χ3v) is 5.46. The smallest absolute Gasteiger partial charge is 0.320 e. The van der Waals surface area contributed by atoms with E-state index in [1.165, 1.54) is 24.3 Å². The van der Waals surface area contributed by atoms with Crippen LogP contribution >= 0.6 is 0 Å². The number of ether oxygens (including phenoxy) is 2. The normalized spacial score (nSPS) is 11.4. The summed E-state index contributed by atoms with van der Waals surface area (Å²) in [6.07, 6.45) is 0. The van der Waals surface area contributed by atoms with Gasteiger partial charge in [-0.25, -0.2) is 9.18 Å². The number of amides is 3. The van der Waals surface area contributed by atoms with Crippen molar-refractivity contribution in [2.45, 2.75) is 26.5 Å². The first-order valence-electron chi connectivity index (χ1n) is 11.8. The number of aromatic nitrogens is 1. The third kappa shape index (κ3) is 7.40. The van der Waals surface area contributed by atoms with Crippen LogP contribution < -0.4 is 20.7 Å². The van der Waals surface area contributed by atoms with Gasteiger partial charge >= 0.3 is 6.03 Å². The Labute approximate surface area is 218 Å². The number of nitrogens with zero attached hydrogens (tertiary/aromatic N) is 1. The molecule has 0 radical (unpaired) electrons. The highest BCUT2D eigenvalue weighted by Crippen LogP contribution is 2.23. The molecule has 1 heterocycles. The first kappa shape index (κ1) is 26.4. The molecule has 3 N–H and O–H groups in total. The Morgan fingerprint density at radius 3 is 2.21 bits per heavy atom. The molecule has 3 aromatic carbocycles. The van der Waals surface area contributed by atoms with Crippen molar-refractivity contribution in [3.63, 3.8) is 0 Å². The lowest BCUT2D eigenvalue weighted by Crippen LogP contribution is -2.48. The van der Waals surface area contributed by atoms with Crippen molar-refractivity contribution < 1.29 is 28.0 Å². The molecule has 0 aliphatic carbocycles. The second kappa shape index (κ2) is 12.5. The summed E-state index contributed by atoms with van der Waals surface area (Å²) in [5, 5.41) is 11.9. The van der Waals surface area contributed by atoms with E-state index in [0.29, 0.717) is 34.3 Å². The number of aryl methyl sites for hydroxylation is 2. The molecule has 0 saturated heterocycles. The standard InChI is InChI=1S/C28H27FN4O5/c1-18-26(19(2)38-33-18)32-28(35)31-25(17-36-16-20-6-4-3-5-7-20)27(34)30-22-10-14-24(15-11-22)37-23-12-8-21(29)9-13-23/h3-15,25H,16-17H2,1-2H3,(H,30,34)(H2,31,32,35). The first-order valence-corrected chi connectivity index (χ1v) is 11.8. The Hall–Kier alpha value is -4.70. The Kier molecular flexibility index (Phi) is 8.68. The van der Waals surface area contributed by atoms with Crippen LogP contribution in [0.25, 0.3) is 0 Å². The van der Waals surface area contributed by atoms with E-state index in [-0.39, 0.29) is 19.0 Å². The predicted octanol–water partition coefficient (Wildman–Crippen LogP) is 5.57. The highest BCUT2D eigenvalue weighted by molar-refractivity contribution is 5.99. The van der Waals surface area contributed by atoms with Gasteiger partial charge in [0.05, 0.1) is 13.2 Å². The Balaban J connectivity index is 1.39. The monoisotopic (exact) mass is 518 g/mol. The molecule has 1 aromatic heterocycles. The number of hydrogen-bond acceptors (Lipinski definition) is 6. The number of hydrogen-bond donors (Lipinski definition) is 3. The average molecular weight is 519 g/mol. The van der Waals surface area contributed by atoms with E-state index in [4.69, 9.17) is 14.0 Å². The summed E-state index contributed by atoms with van der Waals surface area (Å²) < 4.78 is 29.6. The van der Waals surface area contributed by atoms with Crippen LogP contribution in [0.1, 0.15) is 17.0 Å². The summed E-state index contributed by atoms with van der Waals surface area (Å²) in [5.74, 6) is 0.606. The number of nitrogens with one attached hydrogen (secondary N) is 3. The van der Waals surface area contributed by atoms with Crippen molar-refractivity contribution in [3.8, 4) is 11.5 Å². The van der Waals surface area contributed by atoms with Crippen molar-refractivity contribution >= 4 is 23.3 Å². The minimum atomic E-state index is -1.01. The van der Waals surface area contributed by atoms with Crippen LogP contribution in [0.2, 0.25) is 0 Å². The molecule has 1 unspecified atom stereocenters. The highest BCUT2D eigenvalue weighted by atomic mass is 19.1. The first-order chi connectivity index (χ1) is 18.4. The number of benzene rings is 3. The molecule has 0 spiro atoms. The van der Waals surface area contributed by atoms with E-state index in [9.17, 15) is 14.0 Å². The van der Waals surface area contributed by atoms with Crippen molar-refractivity contribution in [1.82, 2.24) is 10.5 Å². The van der Waals surface area contributed by atoms with Gasteiger partial charge in [-0.2, -0.15) is 0 Å². The molecule has 0 bridgehead atoms. The van der Waals surface area contributed by atoms with Crippen LogP contribution in [0, 0.1) is 19.7 Å². The maximum absolute atomic E-state index is 13.1. The fraction of sp³-hybridized carbons (Fsp3) is 0.179. The SMILES string of the molecule is Cc1noc(C)c1NC(=O)NC(COCc1ccccc1)C(=O)Nc1ccc(Oc2ccc(F)cc2)cc1. The Morgan fingerprint density at radius 1 is 0.921 bits per heavy atom. The molecule has 0 aliphatic rings. The topological polar surface area (TPSA) is 115 Å². The fourth-order valence-electron chi connectivity index (χ4n) is 3.50. The van der Waals surface area contributed by atoms with Crippen LogP contribution in [0.4, 0.5) is 20.6 Å². The van der Waals surface area contributed by atoms with Gasteiger partial charge in [-0.05, 0) is 67.9 Å². The van der Waals surface area contributed by atoms with E-state index < -0.39 is 18.0 Å². The van der Waals surface area contributed by atoms with E-state index in [2.05, 4.69) is 21.1 Å². The van der Waals surface area contributed by atoms with Crippen LogP contribution in [0.5, 0.6) is 11.5 Å². The molecule has 196 valence electrons. The number of carbonyl (C=O) groups excluding carboxylic acids is 2. The van der Waals surface area contributed by atoms with Crippen molar-refractivity contribution in [1.29, 1.82) is 0 Å². The molecular formula is C28H27FN4O5. The van der Waals surface area contributed by atoms with E-state index in [0.717, 1.165) is 5.56 Å². The summed E-state index contributed by atoms with van der Waals surface area (Å²) in [6, 6.07) is 20.2. The van der Waals surface area contributed by atoms with Gasteiger partial charge in [-0.1, -0.05) is 35.5 Å². The van der Waals surface area contributed by atoms with Crippen LogP contribution in [0.3, 0.4) is 0 Å². The summed E-state index contributed by atoms with van der Waals surface area (Å²) >= 11 is 0. The van der Waals surface area contributed by atoms with Gasteiger partial charge in [-0.15, -0.1) is 0 Å². The second-order valence-electron chi connectivity index (χ2n) is 8.42. The van der Waals surface area contributed by atoms with Gasteiger partial charge in [-0.3, -0.25) is 4.79 Å². The lowest BCUT2D eigenvalue weighted by molar-refractivity contribution is -0.119. The van der Waals surface area contributed by atoms with E-state index >= 15 is 0 Å². The zero-order valence-electron chi connectivity index (χ0n) is 20.9. The number of rotatable bonds is 10. The van der Waals surface area contributed by atoms with Crippen molar-refractivity contribution in [2.75, 3.05) is 17.2 Å². The molecule has 1 atom stereocenters. The number of halogens is 1. The molecule has 4 aromatic rings. The molecule has 0 saturated carbocycles. The Bertz CT molecular complexity index is 1340. The molecule has 3 amide bonds. The Morgan fingerprint density at radius 2 is 1.58 bits per heavy atom. The summed E-state index contributed by atoms with van der Waals surface area (Å²) in [5.41, 5.74) is 2.37. The summed E-state index contributed by atoms with van der Waals surface area (Å²) in [4.78, 5) is 25.8. The van der Waals surface area contributed by atoms with Crippen LogP contribution in [0.15, 0.2) is 83.4 Å². The minimum absolute atomic E-state index is 0.0679. The summed E-state index contributed by atoms with van der Waals surface area (Å²) in [6.45, 7) is 3.57. The van der Waals surface area contributed by atoms with Crippen molar-refractivity contribution in [3.05, 3.63) is 102 Å². The number of urea groups is 1. The van der Waals surface area contributed by atoms with Crippen LogP contribution in [-0.2, 0) is 16.1 Å². The largest absolute Gasteiger partial charge is 0.457 e. The predicted molar refractivity (Wildman–Crippen MR) is 140 cm³/mol. The number of anilines is 2. The lowest BCUT2D eigenvalue weighted by Gasteiger charge is -2.19. The molecule has 0 fully saturated rings. The lowest BCUT2D eigenvalue weighted by atomic mass is 10.2. The quantitative estimate of drug-likeness (QED) is 0.253. The molecule has 10 heteroatoms. The second-order valence-corrected chi connectivity index (χ2v) is 8.42. The van der Waals surface area contributed by atoms with Gasteiger partial charge in [0.25, 0.3) is 0 Å². The van der Waals surface area contributed by atoms with Crippen molar-refractivity contribution in [2.24, 2.45) is 0 Å². The minimum Gasteiger partial charge on any atom is -0.457 e. The highest BCUT2D eigenvalue weighted by Gasteiger charge is 2.23. The zero-order valence-corrected chi connectivity index (χ0v) is 20.9. The van der Waals surface area contributed by atoms with Crippen LogP contribution in [-0.4, -0.2) is 29.7 Å². The molecular weight excluding hydrogens is 491 g/mol. The van der Waals surface area contributed by atoms with E-state index in [1.807, 2.05) is 30.3 Å². The zero-order chi connectivity index (χ0) is 26.9. The molecule has 0 aliphatic heterocycles. The number of carbonyl (C=O) groups is 2. The fourth-order valence-corrected chi connectivity index (χ4v) is 3.50. The van der Waals surface area contributed by atoms with Gasteiger partial charge < -0.3 is 29.9 Å². The molecule has 4 rings (SSSR count). The van der Waals surface area contributed by atoms with Gasteiger partial charge in [0.1, 0.15) is 34.7 Å². The molecule has 9 nitrogen and oxygen atoms in total. The van der Waals surface area contributed by atoms with E-state index in [1.54, 1.807) is 38.1 Å².